The summed E-state index contributed by atoms with van der Waals surface area (Å²) in [4.78, 5) is 29.7. The maximum Gasteiger partial charge on any atom is 0.272 e. The van der Waals surface area contributed by atoms with Gasteiger partial charge in [0.15, 0.2) is 0 Å². The van der Waals surface area contributed by atoms with Crippen LogP contribution in [-0.2, 0) is 4.79 Å². The number of aromatic nitrogens is 1. The Morgan fingerprint density at radius 3 is 3.00 bits per heavy atom. The Bertz CT molecular complexity index is 461. The van der Waals surface area contributed by atoms with Gasteiger partial charge in [0.1, 0.15) is 5.69 Å². The van der Waals surface area contributed by atoms with Crippen molar-refractivity contribution in [3.63, 3.8) is 0 Å². The number of likely N-dealkylation sites (tertiary alicyclic amines) is 1. The second-order valence-electron chi connectivity index (χ2n) is 5.12. The van der Waals surface area contributed by atoms with Crippen LogP contribution in [0, 0.1) is 0 Å². The number of carbonyl (C=O) groups excluding carboxylic acids is 2. The van der Waals surface area contributed by atoms with Crippen molar-refractivity contribution in [2.45, 2.75) is 38.6 Å². The Labute approximate surface area is 119 Å². The Balaban J connectivity index is 1.83. The van der Waals surface area contributed by atoms with Gasteiger partial charge in [0.2, 0.25) is 5.91 Å². The number of carbonyl (C=O) groups is 2. The molecule has 108 valence electrons. The summed E-state index contributed by atoms with van der Waals surface area (Å²) in [6.45, 7) is 3.32. The Morgan fingerprint density at radius 1 is 1.45 bits per heavy atom. The lowest BCUT2D eigenvalue weighted by Gasteiger charge is -2.16. The molecule has 1 aromatic rings. The average Bonchev–Trinajstić information content (AvgIpc) is 2.93. The molecule has 2 heterocycles. The zero-order chi connectivity index (χ0) is 14.4. The smallest absolute Gasteiger partial charge is 0.272 e. The number of hydrogen-bond acceptors (Lipinski definition) is 3. The topological polar surface area (TPSA) is 62.3 Å². The molecule has 0 aromatic carbocycles. The molecule has 5 nitrogen and oxygen atoms in total. The largest absolute Gasteiger partial charge is 0.352 e. The van der Waals surface area contributed by atoms with Gasteiger partial charge in [-0.15, -0.1) is 0 Å². The van der Waals surface area contributed by atoms with Crippen molar-refractivity contribution < 1.29 is 9.59 Å². The molecule has 1 fully saturated rings. The minimum Gasteiger partial charge on any atom is -0.352 e. The summed E-state index contributed by atoms with van der Waals surface area (Å²) >= 11 is 0. The number of rotatable bonds is 5. The van der Waals surface area contributed by atoms with Crippen LogP contribution in [0.1, 0.15) is 43.1 Å². The van der Waals surface area contributed by atoms with Crippen molar-refractivity contribution in [3.8, 4) is 0 Å². The molecule has 1 saturated heterocycles. The van der Waals surface area contributed by atoms with Gasteiger partial charge in [-0.3, -0.25) is 14.6 Å². The van der Waals surface area contributed by atoms with Crippen molar-refractivity contribution in [2.24, 2.45) is 0 Å². The molecule has 0 saturated carbocycles. The van der Waals surface area contributed by atoms with Gasteiger partial charge in [-0.1, -0.05) is 19.4 Å². The molecule has 1 atom stereocenters. The third kappa shape index (κ3) is 3.79. The first kappa shape index (κ1) is 14.5. The molecular weight excluding hydrogens is 254 g/mol. The van der Waals surface area contributed by atoms with Crippen LogP contribution in [0.2, 0.25) is 0 Å². The van der Waals surface area contributed by atoms with Gasteiger partial charge < -0.3 is 10.2 Å². The summed E-state index contributed by atoms with van der Waals surface area (Å²) in [7, 11) is 0. The molecule has 1 N–H and O–H groups in total. The number of unbranched alkanes of at least 4 members (excludes halogenated alkanes) is 1. The van der Waals surface area contributed by atoms with E-state index in [4.69, 9.17) is 0 Å². The third-order valence-electron chi connectivity index (χ3n) is 3.48. The van der Waals surface area contributed by atoms with E-state index >= 15 is 0 Å². The van der Waals surface area contributed by atoms with Crippen LogP contribution in [0.25, 0.3) is 0 Å². The lowest BCUT2D eigenvalue weighted by Crippen LogP contribution is -2.38. The molecule has 1 aromatic heterocycles. The lowest BCUT2D eigenvalue weighted by molar-refractivity contribution is -0.121. The highest BCUT2D eigenvalue weighted by Gasteiger charge is 2.28. The van der Waals surface area contributed by atoms with E-state index < -0.39 is 0 Å². The molecule has 0 radical (unpaired) electrons. The monoisotopic (exact) mass is 275 g/mol. The van der Waals surface area contributed by atoms with Crippen molar-refractivity contribution in [2.75, 3.05) is 13.1 Å². The van der Waals surface area contributed by atoms with E-state index in [2.05, 4.69) is 17.2 Å². The number of hydrogen-bond donors (Lipinski definition) is 1. The summed E-state index contributed by atoms with van der Waals surface area (Å²) in [6.07, 6.45) is 4.93. The summed E-state index contributed by atoms with van der Waals surface area (Å²) in [5.74, 6) is 0.0277. The van der Waals surface area contributed by atoms with E-state index in [0.29, 0.717) is 25.2 Å². The van der Waals surface area contributed by atoms with Crippen molar-refractivity contribution >= 4 is 11.8 Å². The van der Waals surface area contributed by atoms with Gasteiger partial charge in [-0.05, 0) is 25.0 Å². The van der Waals surface area contributed by atoms with Crippen LogP contribution in [-0.4, -0.2) is 40.8 Å². The Hall–Kier alpha value is -1.91. The molecule has 0 aliphatic carbocycles. The molecule has 2 rings (SSSR count). The first-order valence-electron chi connectivity index (χ1n) is 7.20. The fourth-order valence-corrected chi connectivity index (χ4v) is 2.35. The molecule has 0 bridgehead atoms. The predicted octanol–water partition coefficient (Wildman–Crippen LogP) is 1.60. The number of nitrogens with zero attached hydrogens (tertiary/aromatic N) is 2. The van der Waals surface area contributed by atoms with E-state index in [1.54, 1.807) is 29.3 Å². The average molecular weight is 275 g/mol. The Morgan fingerprint density at radius 2 is 2.30 bits per heavy atom. The summed E-state index contributed by atoms with van der Waals surface area (Å²) in [6, 6.07) is 5.39. The Kier molecular flexibility index (Phi) is 5.09. The summed E-state index contributed by atoms with van der Waals surface area (Å²) in [5, 5.41) is 3.00. The zero-order valence-corrected chi connectivity index (χ0v) is 11.8. The van der Waals surface area contributed by atoms with Crippen LogP contribution < -0.4 is 5.32 Å². The van der Waals surface area contributed by atoms with Crippen molar-refractivity contribution in [3.05, 3.63) is 30.1 Å². The highest BCUT2D eigenvalue weighted by Crippen LogP contribution is 2.12. The van der Waals surface area contributed by atoms with Crippen molar-refractivity contribution in [1.29, 1.82) is 0 Å². The number of nitrogens with one attached hydrogen (secondary N) is 1. The molecule has 0 spiro atoms. The lowest BCUT2D eigenvalue weighted by atomic mass is 10.2. The summed E-state index contributed by atoms with van der Waals surface area (Å²) in [5.41, 5.74) is 0.463. The SMILES string of the molecule is CCCCC(=O)N[C@@H]1CCN(C(=O)c2ccccn2)C1. The molecule has 1 aliphatic heterocycles. The van der Waals surface area contributed by atoms with Crippen LogP contribution in [0.3, 0.4) is 0 Å². The molecule has 2 amide bonds. The van der Waals surface area contributed by atoms with Crippen LogP contribution in [0.5, 0.6) is 0 Å². The van der Waals surface area contributed by atoms with Crippen LogP contribution in [0.4, 0.5) is 0 Å². The highest BCUT2D eigenvalue weighted by atomic mass is 16.2. The molecular formula is C15H21N3O2. The quantitative estimate of drug-likeness (QED) is 0.888. The van der Waals surface area contributed by atoms with Crippen molar-refractivity contribution in [1.82, 2.24) is 15.2 Å². The van der Waals surface area contributed by atoms with Gasteiger partial charge in [-0.2, -0.15) is 0 Å². The number of pyridine rings is 1. The second-order valence-corrected chi connectivity index (χ2v) is 5.12. The van der Waals surface area contributed by atoms with E-state index in [0.717, 1.165) is 19.3 Å². The fourth-order valence-electron chi connectivity index (χ4n) is 2.35. The van der Waals surface area contributed by atoms with Gasteiger partial charge in [0.05, 0.1) is 0 Å². The van der Waals surface area contributed by atoms with Crippen LogP contribution in [0.15, 0.2) is 24.4 Å². The molecule has 1 aliphatic rings. The van der Waals surface area contributed by atoms with Gasteiger partial charge in [0.25, 0.3) is 5.91 Å². The highest BCUT2D eigenvalue weighted by molar-refractivity contribution is 5.92. The van der Waals surface area contributed by atoms with E-state index in [-0.39, 0.29) is 17.9 Å². The molecule has 20 heavy (non-hydrogen) atoms. The van der Waals surface area contributed by atoms with E-state index in [1.165, 1.54) is 0 Å². The zero-order valence-electron chi connectivity index (χ0n) is 11.8. The van der Waals surface area contributed by atoms with Gasteiger partial charge in [-0.25, -0.2) is 0 Å². The van der Waals surface area contributed by atoms with E-state index in [9.17, 15) is 9.59 Å². The first-order chi connectivity index (χ1) is 9.70. The standard InChI is InChI=1S/C15H21N3O2/c1-2-3-7-14(19)17-12-8-10-18(11-12)15(20)13-6-4-5-9-16-13/h4-6,9,12H,2-3,7-8,10-11H2,1H3,(H,17,19)/t12-/m1/s1. The van der Waals surface area contributed by atoms with Gasteiger partial charge in [0, 0.05) is 31.7 Å². The van der Waals surface area contributed by atoms with E-state index in [1.807, 2.05) is 0 Å². The first-order valence-corrected chi connectivity index (χ1v) is 7.20. The van der Waals surface area contributed by atoms with Gasteiger partial charge >= 0.3 is 0 Å². The minimum absolute atomic E-state index is 0.0593. The molecule has 0 unspecified atom stereocenters. The second kappa shape index (κ2) is 7.03. The maximum absolute atomic E-state index is 12.2. The number of amides is 2. The minimum atomic E-state index is -0.0593. The summed E-state index contributed by atoms with van der Waals surface area (Å²) < 4.78 is 0. The fraction of sp³-hybridized carbons (Fsp3) is 0.533. The predicted molar refractivity (Wildman–Crippen MR) is 76.2 cm³/mol. The van der Waals surface area contributed by atoms with Crippen LogP contribution >= 0.6 is 0 Å². The normalized spacial score (nSPS) is 18.1. The molecule has 5 heteroatoms. The third-order valence-corrected chi connectivity index (χ3v) is 3.48. The maximum atomic E-state index is 12.2.